The number of esters is 1. The number of ether oxygens (including phenoxy) is 1. The molecule has 2 N–H and O–H groups in total. The van der Waals surface area contributed by atoms with Crippen LogP contribution in [0.1, 0.15) is 35.7 Å². The molecule has 2 rings (SSSR count). The molecule has 1 aromatic rings. The molecule has 1 saturated carbocycles. The highest BCUT2D eigenvalue weighted by molar-refractivity contribution is 5.92. The number of aryl methyl sites for hydroxylation is 1. The lowest BCUT2D eigenvalue weighted by molar-refractivity contribution is -0.134. The van der Waals surface area contributed by atoms with Gasteiger partial charge in [0, 0.05) is 18.3 Å². The zero-order valence-electron chi connectivity index (χ0n) is 11.9. The summed E-state index contributed by atoms with van der Waals surface area (Å²) in [5, 5.41) is 0. The maximum atomic E-state index is 11.9. The molecule has 0 spiro atoms. The Kier molecular flexibility index (Phi) is 4.27. The van der Waals surface area contributed by atoms with Gasteiger partial charge in [0.2, 0.25) is 0 Å². The first-order valence-corrected chi connectivity index (χ1v) is 6.85. The number of likely N-dealkylation sites (N-methyl/N-ethyl adjacent to an activating group) is 1. The molecule has 0 aliphatic heterocycles. The zero-order valence-corrected chi connectivity index (χ0v) is 11.9. The Morgan fingerprint density at radius 2 is 2.10 bits per heavy atom. The van der Waals surface area contributed by atoms with Crippen molar-refractivity contribution in [2.75, 3.05) is 18.9 Å². The first-order valence-electron chi connectivity index (χ1n) is 6.85. The van der Waals surface area contributed by atoms with E-state index in [0.29, 0.717) is 23.8 Å². The molecule has 0 radical (unpaired) electrons. The number of anilines is 1. The molecule has 20 heavy (non-hydrogen) atoms. The molecule has 5 heteroatoms. The van der Waals surface area contributed by atoms with Gasteiger partial charge >= 0.3 is 5.97 Å². The van der Waals surface area contributed by atoms with Gasteiger partial charge < -0.3 is 15.4 Å². The number of carbonyl (C=O) groups is 2. The van der Waals surface area contributed by atoms with E-state index >= 15 is 0 Å². The van der Waals surface area contributed by atoms with E-state index in [1.54, 1.807) is 23.1 Å². The molecule has 1 aromatic carbocycles. The van der Waals surface area contributed by atoms with Crippen molar-refractivity contribution in [3.63, 3.8) is 0 Å². The van der Waals surface area contributed by atoms with Gasteiger partial charge in [-0.1, -0.05) is 6.07 Å². The summed E-state index contributed by atoms with van der Waals surface area (Å²) >= 11 is 0. The van der Waals surface area contributed by atoms with Crippen LogP contribution in [0.25, 0.3) is 0 Å². The average molecular weight is 276 g/mol. The predicted molar refractivity (Wildman–Crippen MR) is 76.3 cm³/mol. The fraction of sp³-hybridized carbons (Fsp3) is 0.467. The molecule has 0 aromatic heterocycles. The van der Waals surface area contributed by atoms with Gasteiger partial charge in [-0.15, -0.1) is 0 Å². The van der Waals surface area contributed by atoms with Crippen molar-refractivity contribution in [2.24, 2.45) is 0 Å². The molecule has 0 unspecified atom stereocenters. The first kappa shape index (κ1) is 14.4. The van der Waals surface area contributed by atoms with Crippen LogP contribution in [0.15, 0.2) is 18.2 Å². The summed E-state index contributed by atoms with van der Waals surface area (Å²) in [6.07, 6.45) is 2.09. The Morgan fingerprint density at radius 3 is 2.65 bits per heavy atom. The first-order chi connectivity index (χ1) is 9.52. The molecule has 5 nitrogen and oxygen atoms in total. The summed E-state index contributed by atoms with van der Waals surface area (Å²) in [4.78, 5) is 25.6. The molecular formula is C15H20N2O3. The standard InChI is InChI=1S/C15H20N2O3/c1-3-17(12-6-7-12)14(18)9-20-15(19)11-5-4-10(2)13(16)8-11/h4-5,8,12H,3,6-7,9,16H2,1-2H3. The number of benzene rings is 1. The van der Waals surface area contributed by atoms with Crippen LogP contribution in [0, 0.1) is 6.92 Å². The molecule has 1 fully saturated rings. The minimum atomic E-state index is -0.517. The maximum Gasteiger partial charge on any atom is 0.338 e. The third-order valence-corrected chi connectivity index (χ3v) is 3.49. The number of amides is 1. The van der Waals surface area contributed by atoms with E-state index in [2.05, 4.69) is 0 Å². The topological polar surface area (TPSA) is 72.6 Å². The number of hydrogen-bond acceptors (Lipinski definition) is 4. The lowest BCUT2D eigenvalue weighted by Gasteiger charge is -2.20. The molecule has 0 bridgehead atoms. The van der Waals surface area contributed by atoms with Gasteiger partial charge in [-0.2, -0.15) is 0 Å². The summed E-state index contributed by atoms with van der Waals surface area (Å²) in [6.45, 7) is 4.23. The quantitative estimate of drug-likeness (QED) is 0.657. The third-order valence-electron chi connectivity index (χ3n) is 3.49. The molecule has 1 aliphatic rings. The highest BCUT2D eigenvalue weighted by Crippen LogP contribution is 2.26. The van der Waals surface area contributed by atoms with Crippen LogP contribution in [0.2, 0.25) is 0 Å². The fourth-order valence-electron chi connectivity index (χ4n) is 2.09. The molecule has 1 aliphatic carbocycles. The van der Waals surface area contributed by atoms with Crippen LogP contribution in [0.3, 0.4) is 0 Å². The third kappa shape index (κ3) is 3.29. The predicted octanol–water partition coefficient (Wildman–Crippen LogP) is 1.74. The van der Waals surface area contributed by atoms with Crippen LogP contribution < -0.4 is 5.73 Å². The van der Waals surface area contributed by atoms with Crippen molar-refractivity contribution in [1.29, 1.82) is 0 Å². The van der Waals surface area contributed by atoms with Gasteiger partial charge in [-0.05, 0) is 44.4 Å². The van der Waals surface area contributed by atoms with E-state index in [-0.39, 0.29) is 12.5 Å². The number of carbonyl (C=O) groups excluding carboxylic acids is 2. The largest absolute Gasteiger partial charge is 0.452 e. The van der Waals surface area contributed by atoms with E-state index in [4.69, 9.17) is 10.5 Å². The number of hydrogen-bond donors (Lipinski definition) is 1. The van der Waals surface area contributed by atoms with Crippen LogP contribution in [-0.2, 0) is 9.53 Å². The van der Waals surface area contributed by atoms with E-state index in [0.717, 1.165) is 18.4 Å². The Bertz CT molecular complexity index is 524. The molecule has 0 saturated heterocycles. The van der Waals surface area contributed by atoms with Crippen LogP contribution in [0.5, 0.6) is 0 Å². The van der Waals surface area contributed by atoms with Gasteiger partial charge in [0.25, 0.3) is 5.91 Å². The van der Waals surface area contributed by atoms with E-state index in [1.807, 2.05) is 13.8 Å². The van der Waals surface area contributed by atoms with Crippen molar-refractivity contribution in [2.45, 2.75) is 32.7 Å². The normalized spacial score (nSPS) is 13.9. The van der Waals surface area contributed by atoms with E-state index in [9.17, 15) is 9.59 Å². The second-order valence-electron chi connectivity index (χ2n) is 5.06. The van der Waals surface area contributed by atoms with Crippen LogP contribution in [-0.4, -0.2) is 36.0 Å². The van der Waals surface area contributed by atoms with Crippen molar-refractivity contribution < 1.29 is 14.3 Å². The summed E-state index contributed by atoms with van der Waals surface area (Å²) in [5.74, 6) is -0.652. The molecule has 1 amide bonds. The van der Waals surface area contributed by atoms with Crippen molar-refractivity contribution >= 4 is 17.6 Å². The highest BCUT2D eigenvalue weighted by atomic mass is 16.5. The van der Waals surface area contributed by atoms with Gasteiger partial charge in [-0.25, -0.2) is 4.79 Å². The molecule has 0 atom stereocenters. The fourth-order valence-corrected chi connectivity index (χ4v) is 2.09. The smallest absolute Gasteiger partial charge is 0.338 e. The lowest BCUT2D eigenvalue weighted by Crippen LogP contribution is -2.36. The Hall–Kier alpha value is -2.04. The lowest BCUT2D eigenvalue weighted by atomic mass is 10.1. The maximum absolute atomic E-state index is 11.9. The second kappa shape index (κ2) is 5.94. The second-order valence-corrected chi connectivity index (χ2v) is 5.06. The summed E-state index contributed by atoms with van der Waals surface area (Å²) in [6, 6.07) is 5.31. The van der Waals surface area contributed by atoms with Gasteiger partial charge in [0.1, 0.15) is 0 Å². The molecular weight excluding hydrogens is 256 g/mol. The number of rotatable bonds is 5. The number of nitrogens with two attached hydrogens (primary N) is 1. The number of nitrogens with zero attached hydrogens (tertiary/aromatic N) is 1. The minimum absolute atomic E-state index is 0.136. The van der Waals surface area contributed by atoms with Crippen molar-refractivity contribution in [3.8, 4) is 0 Å². The van der Waals surface area contributed by atoms with Crippen molar-refractivity contribution in [3.05, 3.63) is 29.3 Å². The Balaban J connectivity index is 1.91. The van der Waals surface area contributed by atoms with Gasteiger partial charge in [0.05, 0.1) is 5.56 Å². The summed E-state index contributed by atoms with van der Waals surface area (Å²) in [7, 11) is 0. The van der Waals surface area contributed by atoms with Crippen LogP contribution >= 0.6 is 0 Å². The van der Waals surface area contributed by atoms with Crippen molar-refractivity contribution in [1.82, 2.24) is 4.90 Å². The Labute approximate surface area is 118 Å². The summed E-state index contributed by atoms with van der Waals surface area (Å²) in [5.41, 5.74) is 7.57. The SMILES string of the molecule is CCN(C(=O)COC(=O)c1ccc(C)c(N)c1)C1CC1. The van der Waals surface area contributed by atoms with E-state index in [1.165, 1.54) is 0 Å². The van der Waals surface area contributed by atoms with Gasteiger partial charge in [0.15, 0.2) is 6.61 Å². The van der Waals surface area contributed by atoms with Gasteiger partial charge in [-0.3, -0.25) is 4.79 Å². The summed E-state index contributed by atoms with van der Waals surface area (Å²) < 4.78 is 5.06. The molecule has 0 heterocycles. The minimum Gasteiger partial charge on any atom is -0.452 e. The highest BCUT2D eigenvalue weighted by Gasteiger charge is 2.31. The zero-order chi connectivity index (χ0) is 14.7. The van der Waals surface area contributed by atoms with Crippen LogP contribution in [0.4, 0.5) is 5.69 Å². The average Bonchev–Trinajstić information content (AvgIpc) is 3.24. The number of nitrogen functional groups attached to an aromatic ring is 1. The monoisotopic (exact) mass is 276 g/mol. The Morgan fingerprint density at radius 1 is 1.40 bits per heavy atom. The van der Waals surface area contributed by atoms with E-state index < -0.39 is 5.97 Å². The molecule has 108 valence electrons.